The van der Waals surface area contributed by atoms with E-state index in [9.17, 15) is 9.90 Å². The van der Waals surface area contributed by atoms with Crippen molar-refractivity contribution in [2.45, 2.75) is 23.1 Å². The van der Waals surface area contributed by atoms with Crippen LogP contribution in [0.4, 0.5) is 5.69 Å². The average Bonchev–Trinajstić information content (AvgIpc) is 3.11. The topological polar surface area (TPSA) is 80.6 Å². The molecule has 0 radical (unpaired) electrons. The molecule has 4 rings (SSSR count). The first-order chi connectivity index (χ1) is 12.1. The van der Waals surface area contributed by atoms with Gasteiger partial charge in [0.15, 0.2) is 10.7 Å². The number of thiazole rings is 1. The zero-order chi connectivity index (χ0) is 17.6. The molecule has 4 aromatic rings. The van der Waals surface area contributed by atoms with Gasteiger partial charge < -0.3 is 10.8 Å². The lowest BCUT2D eigenvalue weighted by Crippen LogP contribution is -2.04. The summed E-state index contributed by atoms with van der Waals surface area (Å²) in [5, 5.41) is 9.56. The van der Waals surface area contributed by atoms with Crippen molar-refractivity contribution >= 4 is 49.9 Å². The number of imidazole rings is 1. The quantitative estimate of drug-likeness (QED) is 0.516. The number of aryl methyl sites for hydroxylation is 1. The van der Waals surface area contributed by atoms with Crippen LogP contribution in [0.25, 0.3) is 15.2 Å². The third kappa shape index (κ3) is 2.75. The SMILES string of the molecule is CCc1nc2sc3cc(Sc4ccc(N)cc4)ccc3n2c1C(=O)O. The predicted octanol–water partition coefficient (Wildman–Crippen LogP) is 4.54. The van der Waals surface area contributed by atoms with Crippen LogP contribution in [0.1, 0.15) is 23.1 Å². The predicted molar refractivity (Wildman–Crippen MR) is 102 cm³/mol. The Morgan fingerprint density at radius 1 is 1.24 bits per heavy atom. The number of aromatic nitrogens is 2. The van der Waals surface area contributed by atoms with Crippen LogP contribution >= 0.6 is 23.1 Å². The molecule has 7 heteroatoms. The fraction of sp³-hybridized carbons (Fsp3) is 0.111. The Morgan fingerprint density at radius 3 is 2.64 bits per heavy atom. The zero-order valence-corrected chi connectivity index (χ0v) is 15.0. The van der Waals surface area contributed by atoms with Crippen LogP contribution in [0.15, 0.2) is 52.3 Å². The maximum atomic E-state index is 11.7. The van der Waals surface area contributed by atoms with Crippen LogP contribution < -0.4 is 5.73 Å². The highest BCUT2D eigenvalue weighted by molar-refractivity contribution is 7.99. The van der Waals surface area contributed by atoms with Crippen LogP contribution in [0, 0.1) is 0 Å². The molecule has 0 bridgehead atoms. The summed E-state index contributed by atoms with van der Waals surface area (Å²) in [5.41, 5.74) is 8.24. The Bertz CT molecular complexity index is 1100. The summed E-state index contributed by atoms with van der Waals surface area (Å²) in [7, 11) is 0. The molecule has 0 unspecified atom stereocenters. The lowest BCUT2D eigenvalue weighted by molar-refractivity contribution is 0.0688. The molecule has 5 nitrogen and oxygen atoms in total. The van der Waals surface area contributed by atoms with E-state index in [4.69, 9.17) is 5.73 Å². The monoisotopic (exact) mass is 369 g/mol. The van der Waals surface area contributed by atoms with E-state index in [-0.39, 0.29) is 5.69 Å². The summed E-state index contributed by atoms with van der Waals surface area (Å²) in [6.45, 7) is 1.92. The van der Waals surface area contributed by atoms with Gasteiger partial charge in [-0.05, 0) is 48.9 Å². The highest BCUT2D eigenvalue weighted by Gasteiger charge is 2.21. The minimum absolute atomic E-state index is 0.266. The molecule has 0 aliphatic heterocycles. The average molecular weight is 369 g/mol. The first-order valence-corrected chi connectivity index (χ1v) is 9.40. The summed E-state index contributed by atoms with van der Waals surface area (Å²) in [6.07, 6.45) is 0.600. The smallest absolute Gasteiger partial charge is 0.354 e. The van der Waals surface area contributed by atoms with Crippen molar-refractivity contribution in [1.82, 2.24) is 9.38 Å². The molecule has 2 heterocycles. The standard InChI is InChI=1S/C18H15N3O2S2/c1-2-13-16(17(22)23)21-14-8-7-12(9-15(14)25-18(21)20-13)24-11-5-3-10(19)4-6-11/h3-9H,2,19H2,1H3,(H,22,23). The highest BCUT2D eigenvalue weighted by atomic mass is 32.2. The number of carboxylic acids is 1. The van der Waals surface area contributed by atoms with Crippen molar-refractivity contribution in [2.75, 3.05) is 5.73 Å². The second-order valence-corrected chi connectivity index (χ2v) is 7.74. The lowest BCUT2D eigenvalue weighted by atomic mass is 10.2. The van der Waals surface area contributed by atoms with Crippen molar-refractivity contribution < 1.29 is 9.90 Å². The second-order valence-electron chi connectivity index (χ2n) is 5.59. The van der Waals surface area contributed by atoms with Crippen molar-refractivity contribution in [3.8, 4) is 0 Å². The third-order valence-electron chi connectivity index (χ3n) is 3.95. The maximum absolute atomic E-state index is 11.7. The molecule has 0 saturated heterocycles. The number of nitrogens with zero attached hydrogens (tertiary/aromatic N) is 2. The van der Waals surface area contributed by atoms with E-state index in [0.717, 1.165) is 30.7 Å². The number of fused-ring (bicyclic) bond motifs is 3. The molecular formula is C18H15N3O2S2. The van der Waals surface area contributed by atoms with Crippen LogP contribution in [-0.2, 0) is 6.42 Å². The molecule has 0 aliphatic carbocycles. The molecule has 0 atom stereocenters. The summed E-state index contributed by atoms with van der Waals surface area (Å²) in [4.78, 5) is 19.1. The number of hydrogen-bond donors (Lipinski definition) is 2. The van der Waals surface area contributed by atoms with Crippen molar-refractivity contribution in [3.63, 3.8) is 0 Å². The minimum atomic E-state index is -0.940. The first-order valence-electron chi connectivity index (χ1n) is 7.77. The number of hydrogen-bond acceptors (Lipinski definition) is 5. The van der Waals surface area contributed by atoms with Gasteiger partial charge in [0, 0.05) is 15.5 Å². The first kappa shape index (κ1) is 16.0. The molecule has 3 N–H and O–H groups in total. The van der Waals surface area contributed by atoms with Gasteiger partial charge in [-0.25, -0.2) is 9.78 Å². The number of carbonyl (C=O) groups is 1. The zero-order valence-electron chi connectivity index (χ0n) is 13.4. The summed E-state index contributed by atoms with van der Waals surface area (Å²) < 4.78 is 2.77. The Labute approximate surface area is 152 Å². The van der Waals surface area contributed by atoms with Gasteiger partial charge in [-0.3, -0.25) is 4.40 Å². The Morgan fingerprint density at radius 2 is 1.96 bits per heavy atom. The molecule has 0 amide bonds. The van der Waals surface area contributed by atoms with Gasteiger partial charge in [0.05, 0.1) is 15.9 Å². The summed E-state index contributed by atoms with van der Waals surface area (Å²) in [5.74, 6) is -0.940. The van der Waals surface area contributed by atoms with Gasteiger partial charge in [-0.1, -0.05) is 30.0 Å². The van der Waals surface area contributed by atoms with E-state index in [2.05, 4.69) is 11.1 Å². The highest BCUT2D eigenvalue weighted by Crippen LogP contribution is 2.35. The number of rotatable bonds is 4. The largest absolute Gasteiger partial charge is 0.477 e. The molecule has 0 aliphatic rings. The van der Waals surface area contributed by atoms with Gasteiger partial charge in [0.2, 0.25) is 0 Å². The fourth-order valence-electron chi connectivity index (χ4n) is 2.80. The Balaban J connectivity index is 1.80. The molecule has 126 valence electrons. The number of aromatic carboxylic acids is 1. The third-order valence-corrected chi connectivity index (χ3v) is 5.95. The van der Waals surface area contributed by atoms with E-state index in [1.165, 1.54) is 11.3 Å². The van der Waals surface area contributed by atoms with Crippen LogP contribution in [-0.4, -0.2) is 20.5 Å². The Hall–Kier alpha value is -2.51. The van der Waals surface area contributed by atoms with Gasteiger partial charge in [-0.15, -0.1) is 0 Å². The van der Waals surface area contributed by atoms with Crippen molar-refractivity contribution in [3.05, 3.63) is 53.9 Å². The maximum Gasteiger partial charge on any atom is 0.354 e. The fourth-order valence-corrected chi connectivity index (χ4v) is 4.81. The van der Waals surface area contributed by atoms with E-state index < -0.39 is 5.97 Å². The van der Waals surface area contributed by atoms with E-state index in [1.54, 1.807) is 16.2 Å². The lowest BCUT2D eigenvalue weighted by Gasteiger charge is -2.03. The number of anilines is 1. The molecule has 2 aromatic carbocycles. The molecule has 0 fully saturated rings. The summed E-state index contributed by atoms with van der Waals surface area (Å²) in [6, 6.07) is 13.8. The van der Waals surface area contributed by atoms with Gasteiger partial charge in [-0.2, -0.15) is 0 Å². The molecular weight excluding hydrogens is 354 g/mol. The normalized spacial score (nSPS) is 11.4. The van der Waals surface area contributed by atoms with Gasteiger partial charge in [0.1, 0.15) is 0 Å². The van der Waals surface area contributed by atoms with Gasteiger partial charge in [0.25, 0.3) is 0 Å². The minimum Gasteiger partial charge on any atom is -0.477 e. The molecule has 0 spiro atoms. The van der Waals surface area contributed by atoms with E-state index in [1.807, 2.05) is 43.3 Å². The molecule has 25 heavy (non-hydrogen) atoms. The number of nitrogens with two attached hydrogens (primary N) is 1. The van der Waals surface area contributed by atoms with E-state index in [0.29, 0.717) is 12.1 Å². The molecule has 0 saturated carbocycles. The van der Waals surface area contributed by atoms with Gasteiger partial charge >= 0.3 is 5.97 Å². The number of carboxylic acid groups (broad SMARTS) is 1. The molecule has 2 aromatic heterocycles. The summed E-state index contributed by atoms with van der Waals surface area (Å²) >= 11 is 3.16. The van der Waals surface area contributed by atoms with Crippen molar-refractivity contribution in [1.29, 1.82) is 0 Å². The van der Waals surface area contributed by atoms with Crippen molar-refractivity contribution in [2.24, 2.45) is 0 Å². The number of benzene rings is 2. The number of nitrogen functional groups attached to an aromatic ring is 1. The van der Waals surface area contributed by atoms with Crippen LogP contribution in [0.3, 0.4) is 0 Å². The Kier molecular flexibility index (Phi) is 3.89. The van der Waals surface area contributed by atoms with Crippen LogP contribution in [0.5, 0.6) is 0 Å². The van der Waals surface area contributed by atoms with E-state index >= 15 is 0 Å². The van der Waals surface area contributed by atoms with Crippen LogP contribution in [0.2, 0.25) is 0 Å². The second kappa shape index (κ2) is 6.09.